The number of rotatable bonds is 6. The first-order chi connectivity index (χ1) is 10.1. The van der Waals surface area contributed by atoms with E-state index in [1.807, 2.05) is 6.07 Å². The Balaban J connectivity index is 0.00000242. The van der Waals surface area contributed by atoms with Crippen LogP contribution in [0.15, 0.2) is 29.2 Å². The summed E-state index contributed by atoms with van der Waals surface area (Å²) in [7, 11) is 0. The molecule has 0 aliphatic carbocycles. The molecule has 1 amide bonds. The van der Waals surface area contributed by atoms with Gasteiger partial charge in [-0.25, -0.2) is 4.39 Å². The number of carbonyl (C=O) groups is 1. The fourth-order valence-corrected chi connectivity index (χ4v) is 3.31. The quantitative estimate of drug-likeness (QED) is 0.777. The van der Waals surface area contributed by atoms with Gasteiger partial charge in [-0.3, -0.25) is 4.79 Å². The smallest absolute Gasteiger partial charge is 0.220 e. The summed E-state index contributed by atoms with van der Waals surface area (Å²) in [6.07, 6.45) is 2.61. The summed E-state index contributed by atoms with van der Waals surface area (Å²) in [5, 5.41) is 6.35. The molecule has 0 spiro atoms. The topological polar surface area (TPSA) is 41.1 Å². The van der Waals surface area contributed by atoms with Gasteiger partial charge in [-0.15, -0.1) is 24.2 Å². The molecule has 1 heterocycles. The van der Waals surface area contributed by atoms with Crippen LogP contribution in [0.1, 0.15) is 26.2 Å². The minimum atomic E-state index is -0.217. The van der Waals surface area contributed by atoms with E-state index in [4.69, 9.17) is 0 Å². The average molecular weight is 347 g/mol. The lowest BCUT2D eigenvalue weighted by molar-refractivity contribution is -0.121. The molecule has 3 nitrogen and oxygen atoms in total. The summed E-state index contributed by atoms with van der Waals surface area (Å²) >= 11 is 1.39. The molecule has 0 unspecified atom stereocenters. The Morgan fingerprint density at radius 2 is 2.05 bits per heavy atom. The molecule has 2 N–H and O–H groups in total. The number of piperidine rings is 1. The van der Waals surface area contributed by atoms with Crippen LogP contribution in [0.4, 0.5) is 4.39 Å². The van der Waals surface area contributed by atoms with E-state index in [1.165, 1.54) is 17.8 Å². The molecule has 0 radical (unpaired) electrons. The third-order valence-corrected chi connectivity index (χ3v) is 5.00. The third kappa shape index (κ3) is 6.15. The molecule has 1 saturated heterocycles. The van der Waals surface area contributed by atoms with Crippen molar-refractivity contribution in [2.75, 3.05) is 25.4 Å². The van der Waals surface area contributed by atoms with Crippen molar-refractivity contribution in [3.63, 3.8) is 0 Å². The number of hydrogen-bond donors (Lipinski definition) is 2. The zero-order valence-corrected chi connectivity index (χ0v) is 14.5. The summed E-state index contributed by atoms with van der Waals surface area (Å²) in [5.41, 5.74) is 0.208. The SMILES string of the molecule is CC1(CNC(=O)CCSc2ccccc2F)CCNCC1.Cl. The molecule has 0 saturated carbocycles. The number of halogens is 2. The molecule has 0 atom stereocenters. The van der Waals surface area contributed by atoms with E-state index in [2.05, 4.69) is 17.6 Å². The van der Waals surface area contributed by atoms with Crippen molar-refractivity contribution in [2.45, 2.75) is 31.1 Å². The number of thioether (sulfide) groups is 1. The van der Waals surface area contributed by atoms with Gasteiger partial charge in [0.05, 0.1) is 0 Å². The minimum absolute atomic E-state index is 0. The maximum Gasteiger partial charge on any atom is 0.220 e. The Hall–Kier alpha value is -0.780. The van der Waals surface area contributed by atoms with Gasteiger partial charge in [-0.1, -0.05) is 19.1 Å². The van der Waals surface area contributed by atoms with E-state index < -0.39 is 0 Å². The Morgan fingerprint density at radius 1 is 1.36 bits per heavy atom. The van der Waals surface area contributed by atoms with Gasteiger partial charge in [-0.05, 0) is 43.5 Å². The number of benzene rings is 1. The van der Waals surface area contributed by atoms with E-state index in [9.17, 15) is 9.18 Å². The van der Waals surface area contributed by atoms with Crippen molar-refractivity contribution in [2.24, 2.45) is 5.41 Å². The molecule has 1 aliphatic heterocycles. The second-order valence-electron chi connectivity index (χ2n) is 5.87. The summed E-state index contributed by atoms with van der Waals surface area (Å²) in [6, 6.07) is 6.67. The first kappa shape index (κ1) is 19.3. The zero-order valence-electron chi connectivity index (χ0n) is 12.9. The van der Waals surface area contributed by atoms with Crippen LogP contribution in [-0.4, -0.2) is 31.3 Å². The van der Waals surface area contributed by atoms with Crippen molar-refractivity contribution >= 4 is 30.1 Å². The van der Waals surface area contributed by atoms with Gasteiger partial charge in [0.1, 0.15) is 5.82 Å². The molecule has 1 aromatic rings. The fraction of sp³-hybridized carbons (Fsp3) is 0.562. The normalized spacial score (nSPS) is 16.6. The Labute approximate surface area is 142 Å². The molecule has 22 heavy (non-hydrogen) atoms. The fourth-order valence-electron chi connectivity index (χ4n) is 2.42. The Bertz CT molecular complexity index is 481. The third-order valence-electron chi connectivity index (χ3n) is 3.95. The van der Waals surface area contributed by atoms with E-state index in [0.29, 0.717) is 17.1 Å². The zero-order chi connectivity index (χ0) is 15.1. The van der Waals surface area contributed by atoms with Crippen LogP contribution >= 0.6 is 24.2 Å². The summed E-state index contributed by atoms with van der Waals surface area (Å²) < 4.78 is 13.4. The van der Waals surface area contributed by atoms with Crippen LogP contribution < -0.4 is 10.6 Å². The lowest BCUT2D eigenvalue weighted by atomic mass is 9.81. The number of amides is 1. The number of carbonyl (C=O) groups excluding carboxylic acids is 1. The van der Waals surface area contributed by atoms with Crippen LogP contribution in [0.5, 0.6) is 0 Å². The summed E-state index contributed by atoms with van der Waals surface area (Å²) in [4.78, 5) is 12.5. The van der Waals surface area contributed by atoms with Gasteiger partial charge in [0.15, 0.2) is 0 Å². The Kier molecular flexibility index (Phi) is 8.21. The van der Waals surface area contributed by atoms with Crippen LogP contribution in [0.2, 0.25) is 0 Å². The van der Waals surface area contributed by atoms with Crippen molar-refractivity contribution in [3.8, 4) is 0 Å². The molecule has 0 bridgehead atoms. The lowest BCUT2D eigenvalue weighted by Crippen LogP contribution is -2.42. The molecule has 1 fully saturated rings. The van der Waals surface area contributed by atoms with E-state index in [1.54, 1.807) is 12.1 Å². The molecule has 124 valence electrons. The molecule has 6 heteroatoms. The molecule has 1 aromatic carbocycles. The van der Waals surface area contributed by atoms with E-state index >= 15 is 0 Å². The second kappa shape index (κ2) is 9.38. The predicted molar refractivity (Wildman–Crippen MR) is 92.2 cm³/mol. The average Bonchev–Trinajstić information content (AvgIpc) is 2.48. The Morgan fingerprint density at radius 3 is 2.73 bits per heavy atom. The molecule has 2 rings (SSSR count). The predicted octanol–water partition coefficient (Wildman–Crippen LogP) is 3.24. The standard InChI is InChI=1S/C16H23FN2OS.ClH/c1-16(7-9-18-10-8-16)12-19-15(20)6-11-21-14-5-3-2-4-13(14)17;/h2-5,18H,6-12H2,1H3,(H,19,20);1H. The van der Waals surface area contributed by atoms with Gasteiger partial charge >= 0.3 is 0 Å². The van der Waals surface area contributed by atoms with E-state index in [-0.39, 0.29) is 29.5 Å². The van der Waals surface area contributed by atoms with E-state index in [0.717, 1.165) is 32.5 Å². The molecular formula is C16H24ClFN2OS. The highest BCUT2D eigenvalue weighted by Crippen LogP contribution is 2.26. The first-order valence-corrected chi connectivity index (χ1v) is 8.42. The summed E-state index contributed by atoms with van der Waals surface area (Å²) in [5.74, 6) is 0.439. The summed E-state index contributed by atoms with van der Waals surface area (Å²) in [6.45, 7) is 5.01. The first-order valence-electron chi connectivity index (χ1n) is 7.44. The van der Waals surface area contributed by atoms with Crippen LogP contribution in [-0.2, 0) is 4.79 Å². The minimum Gasteiger partial charge on any atom is -0.356 e. The number of hydrogen-bond acceptors (Lipinski definition) is 3. The highest BCUT2D eigenvalue weighted by atomic mass is 35.5. The van der Waals surface area contributed by atoms with Gasteiger partial charge in [0.25, 0.3) is 0 Å². The maximum absolute atomic E-state index is 13.4. The van der Waals surface area contributed by atoms with Crippen LogP contribution in [0.25, 0.3) is 0 Å². The van der Waals surface area contributed by atoms with Crippen molar-refractivity contribution < 1.29 is 9.18 Å². The maximum atomic E-state index is 13.4. The molecular weight excluding hydrogens is 323 g/mol. The van der Waals surface area contributed by atoms with Gasteiger partial charge in [0, 0.05) is 23.6 Å². The van der Waals surface area contributed by atoms with Crippen molar-refractivity contribution in [3.05, 3.63) is 30.1 Å². The van der Waals surface area contributed by atoms with Crippen molar-refractivity contribution in [1.29, 1.82) is 0 Å². The largest absolute Gasteiger partial charge is 0.356 e. The lowest BCUT2D eigenvalue weighted by Gasteiger charge is -2.34. The van der Waals surface area contributed by atoms with Gasteiger partial charge in [0.2, 0.25) is 5.91 Å². The number of nitrogens with one attached hydrogen (secondary N) is 2. The molecule has 0 aromatic heterocycles. The van der Waals surface area contributed by atoms with Crippen LogP contribution in [0.3, 0.4) is 0 Å². The highest BCUT2D eigenvalue weighted by Gasteiger charge is 2.26. The highest BCUT2D eigenvalue weighted by molar-refractivity contribution is 7.99. The van der Waals surface area contributed by atoms with Crippen LogP contribution in [0, 0.1) is 11.2 Å². The van der Waals surface area contributed by atoms with Gasteiger partial charge in [-0.2, -0.15) is 0 Å². The molecule has 1 aliphatic rings. The second-order valence-corrected chi connectivity index (χ2v) is 7.00. The van der Waals surface area contributed by atoms with Crippen molar-refractivity contribution in [1.82, 2.24) is 10.6 Å². The monoisotopic (exact) mass is 346 g/mol. The van der Waals surface area contributed by atoms with Gasteiger partial charge < -0.3 is 10.6 Å².